The predicted molar refractivity (Wildman–Crippen MR) is 122 cm³/mol. The van der Waals surface area contributed by atoms with Crippen molar-refractivity contribution in [3.63, 3.8) is 0 Å². The molecule has 3 heterocycles. The van der Waals surface area contributed by atoms with E-state index in [0.29, 0.717) is 6.61 Å². The standard InChI is InChI=1S/C25H21N5O/c1-16-28-21-5-3-2-4-20(21)25(29-16)30-10-11-31-24-9-7-17(12-19(24)14-30)18-6-8-22-23(13-18)27-15-26-22/h2-9,12-13,15H,10-11,14H2,1H3,(H,26,27). The van der Waals surface area contributed by atoms with Gasteiger partial charge in [-0.3, -0.25) is 0 Å². The van der Waals surface area contributed by atoms with Crippen molar-refractivity contribution in [2.45, 2.75) is 13.5 Å². The summed E-state index contributed by atoms with van der Waals surface area (Å²) in [5.74, 6) is 2.67. The van der Waals surface area contributed by atoms with Crippen molar-refractivity contribution in [3.8, 4) is 16.9 Å². The number of hydrogen-bond acceptors (Lipinski definition) is 5. The van der Waals surface area contributed by atoms with E-state index >= 15 is 0 Å². The van der Waals surface area contributed by atoms with Gasteiger partial charge in [-0.1, -0.05) is 24.3 Å². The second-order valence-corrected chi connectivity index (χ2v) is 7.84. The summed E-state index contributed by atoms with van der Waals surface area (Å²) in [5.41, 5.74) is 6.44. The lowest BCUT2D eigenvalue weighted by atomic mass is 10.0. The van der Waals surface area contributed by atoms with Crippen LogP contribution >= 0.6 is 0 Å². The Morgan fingerprint density at radius 2 is 1.81 bits per heavy atom. The van der Waals surface area contributed by atoms with Crippen LogP contribution in [-0.4, -0.2) is 33.1 Å². The lowest BCUT2D eigenvalue weighted by molar-refractivity contribution is 0.331. The number of hydrogen-bond donors (Lipinski definition) is 1. The molecule has 0 atom stereocenters. The van der Waals surface area contributed by atoms with Crippen LogP contribution in [-0.2, 0) is 6.54 Å². The molecule has 6 nitrogen and oxygen atoms in total. The molecular formula is C25H21N5O. The van der Waals surface area contributed by atoms with E-state index in [4.69, 9.17) is 9.72 Å². The minimum atomic E-state index is 0.615. The minimum Gasteiger partial charge on any atom is -0.491 e. The number of para-hydroxylation sites is 1. The summed E-state index contributed by atoms with van der Waals surface area (Å²) in [5, 5.41) is 1.07. The van der Waals surface area contributed by atoms with Crippen LogP contribution in [0.2, 0.25) is 0 Å². The van der Waals surface area contributed by atoms with Gasteiger partial charge in [0.15, 0.2) is 0 Å². The van der Waals surface area contributed by atoms with Crippen molar-refractivity contribution in [3.05, 3.63) is 78.4 Å². The van der Waals surface area contributed by atoms with E-state index in [-0.39, 0.29) is 0 Å². The van der Waals surface area contributed by atoms with E-state index in [2.05, 4.69) is 56.3 Å². The van der Waals surface area contributed by atoms with Gasteiger partial charge in [0, 0.05) is 17.5 Å². The van der Waals surface area contributed by atoms with E-state index in [1.165, 1.54) is 0 Å². The van der Waals surface area contributed by atoms with Crippen LogP contribution in [0.4, 0.5) is 5.82 Å². The number of fused-ring (bicyclic) bond motifs is 3. The maximum atomic E-state index is 6.09. The van der Waals surface area contributed by atoms with Crippen molar-refractivity contribution in [2.75, 3.05) is 18.1 Å². The second kappa shape index (κ2) is 7.09. The van der Waals surface area contributed by atoms with Crippen LogP contribution < -0.4 is 9.64 Å². The number of anilines is 1. The van der Waals surface area contributed by atoms with Gasteiger partial charge >= 0.3 is 0 Å². The first-order valence-electron chi connectivity index (χ1n) is 10.4. The van der Waals surface area contributed by atoms with Gasteiger partial charge in [0.25, 0.3) is 0 Å². The fourth-order valence-electron chi connectivity index (χ4n) is 4.28. The van der Waals surface area contributed by atoms with Gasteiger partial charge in [-0.25, -0.2) is 15.0 Å². The summed E-state index contributed by atoms with van der Waals surface area (Å²) in [7, 11) is 0. The number of aromatic nitrogens is 4. The summed E-state index contributed by atoms with van der Waals surface area (Å²) in [6.07, 6.45) is 1.73. The molecule has 152 valence electrons. The van der Waals surface area contributed by atoms with E-state index in [1.807, 2.05) is 31.2 Å². The van der Waals surface area contributed by atoms with Crippen molar-refractivity contribution in [1.29, 1.82) is 0 Å². The predicted octanol–water partition coefficient (Wildman–Crippen LogP) is 4.88. The zero-order valence-corrected chi connectivity index (χ0v) is 17.2. The van der Waals surface area contributed by atoms with Crippen LogP contribution in [0.5, 0.6) is 5.75 Å². The Labute approximate surface area is 179 Å². The lowest BCUT2D eigenvalue weighted by Gasteiger charge is -2.23. The molecule has 1 aliphatic heterocycles. The number of ether oxygens (including phenoxy) is 1. The van der Waals surface area contributed by atoms with Crippen molar-refractivity contribution in [1.82, 2.24) is 19.9 Å². The Kier molecular flexibility index (Phi) is 4.09. The highest BCUT2D eigenvalue weighted by molar-refractivity contribution is 5.89. The molecule has 0 fully saturated rings. The number of aromatic amines is 1. The van der Waals surface area contributed by atoms with Crippen LogP contribution in [0.25, 0.3) is 33.1 Å². The van der Waals surface area contributed by atoms with Gasteiger partial charge in [0.2, 0.25) is 0 Å². The highest BCUT2D eigenvalue weighted by atomic mass is 16.5. The van der Waals surface area contributed by atoms with Crippen molar-refractivity contribution in [2.24, 2.45) is 0 Å². The Morgan fingerprint density at radius 3 is 2.77 bits per heavy atom. The molecular weight excluding hydrogens is 386 g/mol. The molecule has 0 amide bonds. The van der Waals surface area contributed by atoms with Crippen LogP contribution in [0, 0.1) is 6.92 Å². The maximum Gasteiger partial charge on any atom is 0.140 e. The second-order valence-electron chi connectivity index (χ2n) is 7.84. The number of aryl methyl sites for hydroxylation is 1. The SMILES string of the molecule is Cc1nc(N2CCOc3ccc(-c4ccc5nc[nH]c5c4)cc3C2)c2ccccc2n1. The average Bonchev–Trinajstić information content (AvgIpc) is 3.16. The van der Waals surface area contributed by atoms with Crippen LogP contribution in [0.1, 0.15) is 11.4 Å². The summed E-state index contributed by atoms with van der Waals surface area (Å²) in [6.45, 7) is 4.06. The maximum absolute atomic E-state index is 6.09. The minimum absolute atomic E-state index is 0.615. The number of benzene rings is 3. The first-order valence-corrected chi connectivity index (χ1v) is 10.4. The highest BCUT2D eigenvalue weighted by Gasteiger charge is 2.20. The Bertz CT molecular complexity index is 1420. The molecule has 31 heavy (non-hydrogen) atoms. The third kappa shape index (κ3) is 3.17. The zero-order chi connectivity index (χ0) is 20.8. The summed E-state index contributed by atoms with van der Waals surface area (Å²) >= 11 is 0. The first-order chi connectivity index (χ1) is 15.2. The third-order valence-electron chi connectivity index (χ3n) is 5.79. The molecule has 6 heteroatoms. The largest absolute Gasteiger partial charge is 0.491 e. The molecule has 1 N–H and O–H groups in total. The molecule has 0 bridgehead atoms. The van der Waals surface area contributed by atoms with Crippen LogP contribution in [0.15, 0.2) is 67.0 Å². The zero-order valence-electron chi connectivity index (χ0n) is 17.2. The first kappa shape index (κ1) is 17.9. The molecule has 2 aromatic heterocycles. The normalized spacial score (nSPS) is 13.8. The number of rotatable bonds is 2. The van der Waals surface area contributed by atoms with Gasteiger partial charge in [-0.05, 0) is 54.4 Å². The topological polar surface area (TPSA) is 66.9 Å². The molecule has 0 aliphatic carbocycles. The summed E-state index contributed by atoms with van der Waals surface area (Å²) in [4.78, 5) is 19.2. The highest BCUT2D eigenvalue weighted by Crippen LogP contribution is 2.33. The Morgan fingerprint density at radius 1 is 0.935 bits per heavy atom. The molecule has 0 saturated carbocycles. The fourth-order valence-corrected chi connectivity index (χ4v) is 4.28. The van der Waals surface area contributed by atoms with Gasteiger partial charge in [-0.2, -0.15) is 0 Å². The number of H-pyrrole nitrogens is 1. The van der Waals surface area contributed by atoms with Crippen molar-refractivity contribution >= 4 is 27.8 Å². The molecule has 1 aliphatic rings. The number of nitrogens with zero attached hydrogens (tertiary/aromatic N) is 4. The van der Waals surface area contributed by atoms with Gasteiger partial charge in [0.05, 0.1) is 29.4 Å². The third-order valence-corrected chi connectivity index (χ3v) is 5.79. The van der Waals surface area contributed by atoms with E-state index < -0.39 is 0 Å². The van der Waals surface area contributed by atoms with Crippen LogP contribution in [0.3, 0.4) is 0 Å². The van der Waals surface area contributed by atoms with Gasteiger partial charge < -0.3 is 14.6 Å². The van der Waals surface area contributed by atoms with E-state index in [9.17, 15) is 0 Å². The number of nitrogens with one attached hydrogen (secondary N) is 1. The molecule has 0 unspecified atom stereocenters. The molecule has 5 aromatic rings. The fraction of sp³-hybridized carbons (Fsp3) is 0.160. The molecule has 0 spiro atoms. The monoisotopic (exact) mass is 407 g/mol. The average molecular weight is 407 g/mol. The quantitative estimate of drug-likeness (QED) is 0.452. The smallest absolute Gasteiger partial charge is 0.140 e. The molecule has 0 radical (unpaired) electrons. The summed E-state index contributed by atoms with van der Waals surface area (Å²) in [6, 6.07) is 20.9. The number of imidazole rings is 1. The van der Waals surface area contributed by atoms with E-state index in [0.717, 1.165) is 69.1 Å². The van der Waals surface area contributed by atoms with E-state index in [1.54, 1.807) is 6.33 Å². The molecule has 6 rings (SSSR count). The lowest BCUT2D eigenvalue weighted by Crippen LogP contribution is -2.26. The van der Waals surface area contributed by atoms with Gasteiger partial charge in [0.1, 0.15) is 24.0 Å². The summed E-state index contributed by atoms with van der Waals surface area (Å²) < 4.78 is 6.09. The Hall–Kier alpha value is -3.93. The Balaban J connectivity index is 1.41. The van der Waals surface area contributed by atoms with Crippen molar-refractivity contribution < 1.29 is 4.74 Å². The molecule has 0 saturated heterocycles. The molecule has 3 aromatic carbocycles. The van der Waals surface area contributed by atoms with Gasteiger partial charge in [-0.15, -0.1) is 0 Å².